The molecule has 3 unspecified atom stereocenters. The Labute approximate surface area is 110 Å². The Balaban J connectivity index is 1.90. The monoisotopic (exact) mass is 242 g/mol. The fourth-order valence-corrected chi connectivity index (χ4v) is 2.81. The SMILES string of the molecule is CC1CCCCC1NCC(C#N)c1ccccc1. The molecule has 2 nitrogen and oxygen atoms in total. The summed E-state index contributed by atoms with van der Waals surface area (Å²) < 4.78 is 0. The zero-order valence-electron chi connectivity index (χ0n) is 11.1. The summed E-state index contributed by atoms with van der Waals surface area (Å²) in [6.45, 7) is 3.09. The Bertz CT molecular complexity index is 393. The second-order valence-corrected chi connectivity index (χ2v) is 5.37. The molecule has 0 heterocycles. The van der Waals surface area contributed by atoms with Crippen LogP contribution < -0.4 is 5.32 Å². The molecule has 0 radical (unpaired) electrons. The van der Waals surface area contributed by atoms with Gasteiger partial charge in [-0.3, -0.25) is 0 Å². The smallest absolute Gasteiger partial charge is 0.0837 e. The maximum Gasteiger partial charge on any atom is 0.0837 e. The highest BCUT2D eigenvalue weighted by molar-refractivity contribution is 5.25. The number of hydrogen-bond acceptors (Lipinski definition) is 2. The molecule has 1 aliphatic rings. The minimum absolute atomic E-state index is 0.0275. The summed E-state index contributed by atoms with van der Waals surface area (Å²) in [5.41, 5.74) is 1.12. The summed E-state index contributed by atoms with van der Waals surface area (Å²) in [7, 11) is 0. The summed E-state index contributed by atoms with van der Waals surface area (Å²) in [4.78, 5) is 0. The lowest BCUT2D eigenvalue weighted by Crippen LogP contribution is -2.39. The molecular formula is C16H22N2. The van der Waals surface area contributed by atoms with Crippen LogP contribution in [-0.2, 0) is 0 Å². The van der Waals surface area contributed by atoms with Gasteiger partial charge in [0.15, 0.2) is 0 Å². The molecule has 1 fully saturated rings. The Kier molecular flexibility index (Phi) is 4.78. The molecule has 0 spiro atoms. The predicted molar refractivity (Wildman–Crippen MR) is 74.2 cm³/mol. The minimum atomic E-state index is -0.0275. The van der Waals surface area contributed by atoms with Crippen molar-refractivity contribution in [2.45, 2.75) is 44.6 Å². The number of hydrogen-bond donors (Lipinski definition) is 1. The fourth-order valence-electron chi connectivity index (χ4n) is 2.81. The molecule has 1 saturated carbocycles. The molecule has 2 heteroatoms. The standard InChI is InChI=1S/C16H22N2/c1-13-7-5-6-10-16(13)18-12-15(11-17)14-8-3-2-4-9-14/h2-4,8-9,13,15-16,18H,5-7,10,12H2,1H3. The van der Waals surface area contributed by atoms with Crippen LogP contribution in [0.5, 0.6) is 0 Å². The van der Waals surface area contributed by atoms with Gasteiger partial charge in [0.1, 0.15) is 0 Å². The van der Waals surface area contributed by atoms with Crippen molar-refractivity contribution in [3.63, 3.8) is 0 Å². The van der Waals surface area contributed by atoms with E-state index in [1.54, 1.807) is 0 Å². The second-order valence-electron chi connectivity index (χ2n) is 5.37. The van der Waals surface area contributed by atoms with Crippen LogP contribution >= 0.6 is 0 Å². The van der Waals surface area contributed by atoms with Crippen molar-refractivity contribution in [2.75, 3.05) is 6.54 Å². The van der Waals surface area contributed by atoms with Gasteiger partial charge in [-0.1, -0.05) is 50.1 Å². The first-order valence-electron chi connectivity index (χ1n) is 6.99. The highest BCUT2D eigenvalue weighted by Gasteiger charge is 2.22. The lowest BCUT2D eigenvalue weighted by atomic mass is 9.85. The predicted octanol–water partition coefficient (Wildman–Crippen LogP) is 3.46. The molecule has 0 amide bonds. The Hall–Kier alpha value is -1.33. The second kappa shape index (κ2) is 6.56. The van der Waals surface area contributed by atoms with Gasteiger partial charge in [0, 0.05) is 12.6 Å². The van der Waals surface area contributed by atoms with Crippen molar-refractivity contribution >= 4 is 0 Å². The van der Waals surface area contributed by atoms with E-state index in [4.69, 9.17) is 0 Å². The molecule has 1 aromatic rings. The number of nitrogens with one attached hydrogen (secondary N) is 1. The normalized spacial score (nSPS) is 25.3. The maximum absolute atomic E-state index is 9.28. The molecule has 3 atom stereocenters. The number of nitriles is 1. The molecule has 18 heavy (non-hydrogen) atoms. The first-order chi connectivity index (χ1) is 8.81. The van der Waals surface area contributed by atoms with E-state index in [1.165, 1.54) is 25.7 Å². The molecule has 0 saturated heterocycles. The van der Waals surface area contributed by atoms with Gasteiger partial charge in [0.05, 0.1) is 12.0 Å². The average molecular weight is 242 g/mol. The van der Waals surface area contributed by atoms with E-state index < -0.39 is 0 Å². The van der Waals surface area contributed by atoms with Gasteiger partial charge in [-0.15, -0.1) is 0 Å². The number of benzene rings is 1. The Morgan fingerprint density at radius 2 is 2.00 bits per heavy atom. The molecule has 96 valence electrons. The van der Waals surface area contributed by atoms with Crippen molar-refractivity contribution in [3.05, 3.63) is 35.9 Å². The van der Waals surface area contributed by atoms with Crippen LogP contribution in [0.2, 0.25) is 0 Å². The summed E-state index contributed by atoms with van der Waals surface area (Å²) >= 11 is 0. The van der Waals surface area contributed by atoms with Gasteiger partial charge in [-0.2, -0.15) is 5.26 Å². The number of nitrogens with zero attached hydrogens (tertiary/aromatic N) is 1. The molecular weight excluding hydrogens is 220 g/mol. The van der Waals surface area contributed by atoms with Crippen LogP contribution in [0.1, 0.15) is 44.1 Å². The Morgan fingerprint density at radius 1 is 1.28 bits per heavy atom. The fraction of sp³-hybridized carbons (Fsp3) is 0.562. The quantitative estimate of drug-likeness (QED) is 0.877. The maximum atomic E-state index is 9.28. The van der Waals surface area contributed by atoms with Crippen LogP contribution in [0.3, 0.4) is 0 Å². The van der Waals surface area contributed by atoms with Crippen LogP contribution in [0, 0.1) is 17.2 Å². The molecule has 0 aromatic heterocycles. The van der Waals surface area contributed by atoms with Crippen LogP contribution in [0.15, 0.2) is 30.3 Å². The molecule has 1 aromatic carbocycles. The van der Waals surface area contributed by atoms with E-state index in [1.807, 2.05) is 30.3 Å². The lowest BCUT2D eigenvalue weighted by Gasteiger charge is -2.30. The molecule has 2 rings (SSSR count). The first kappa shape index (κ1) is 13.1. The van der Waals surface area contributed by atoms with Crippen molar-refractivity contribution in [2.24, 2.45) is 5.92 Å². The minimum Gasteiger partial charge on any atom is -0.312 e. The highest BCUT2D eigenvalue weighted by atomic mass is 14.9. The van der Waals surface area contributed by atoms with Crippen LogP contribution in [-0.4, -0.2) is 12.6 Å². The summed E-state index contributed by atoms with van der Waals surface area (Å²) in [6.07, 6.45) is 5.26. The van der Waals surface area contributed by atoms with E-state index in [2.05, 4.69) is 18.3 Å². The van der Waals surface area contributed by atoms with Gasteiger partial charge in [-0.05, 0) is 24.3 Å². The first-order valence-corrected chi connectivity index (χ1v) is 6.99. The third-order valence-electron chi connectivity index (χ3n) is 4.05. The van der Waals surface area contributed by atoms with Crippen LogP contribution in [0.4, 0.5) is 0 Å². The molecule has 1 aliphatic carbocycles. The zero-order chi connectivity index (χ0) is 12.8. The van der Waals surface area contributed by atoms with Crippen molar-refractivity contribution in [3.8, 4) is 6.07 Å². The van der Waals surface area contributed by atoms with Gasteiger partial charge >= 0.3 is 0 Å². The summed E-state index contributed by atoms with van der Waals surface area (Å²) in [5.74, 6) is 0.717. The van der Waals surface area contributed by atoms with Gasteiger partial charge in [0.25, 0.3) is 0 Å². The summed E-state index contributed by atoms with van der Waals surface area (Å²) in [5, 5.41) is 12.9. The molecule has 1 N–H and O–H groups in total. The Morgan fingerprint density at radius 3 is 2.67 bits per heavy atom. The largest absolute Gasteiger partial charge is 0.312 e. The van der Waals surface area contributed by atoms with Gasteiger partial charge in [0.2, 0.25) is 0 Å². The topological polar surface area (TPSA) is 35.8 Å². The zero-order valence-corrected chi connectivity index (χ0v) is 11.1. The van der Waals surface area contributed by atoms with Gasteiger partial charge in [-0.25, -0.2) is 0 Å². The van der Waals surface area contributed by atoms with E-state index in [0.29, 0.717) is 6.04 Å². The van der Waals surface area contributed by atoms with Gasteiger partial charge < -0.3 is 5.32 Å². The van der Waals surface area contributed by atoms with E-state index in [-0.39, 0.29) is 5.92 Å². The lowest BCUT2D eigenvalue weighted by molar-refractivity contribution is 0.280. The average Bonchev–Trinajstić information content (AvgIpc) is 2.42. The third-order valence-corrected chi connectivity index (χ3v) is 4.05. The van der Waals surface area contributed by atoms with Crippen molar-refractivity contribution < 1.29 is 0 Å². The van der Waals surface area contributed by atoms with Crippen molar-refractivity contribution in [1.29, 1.82) is 5.26 Å². The molecule has 0 bridgehead atoms. The van der Waals surface area contributed by atoms with Crippen molar-refractivity contribution in [1.82, 2.24) is 5.32 Å². The van der Waals surface area contributed by atoms with E-state index in [9.17, 15) is 5.26 Å². The van der Waals surface area contributed by atoms with Crippen LogP contribution in [0.25, 0.3) is 0 Å². The summed E-state index contributed by atoms with van der Waals surface area (Å²) in [6, 6.07) is 13.1. The third kappa shape index (κ3) is 3.34. The van der Waals surface area contributed by atoms with E-state index >= 15 is 0 Å². The highest BCUT2D eigenvalue weighted by Crippen LogP contribution is 2.24. The molecule has 0 aliphatic heterocycles. The number of rotatable bonds is 4. The van der Waals surface area contributed by atoms with E-state index in [0.717, 1.165) is 18.0 Å².